The van der Waals surface area contributed by atoms with Gasteiger partial charge in [0, 0.05) is 27.9 Å². The molecular weight excluding hydrogens is 560 g/mol. The topological polar surface area (TPSA) is 15.7 Å². The Balaban J connectivity index is 1.25. The summed E-state index contributed by atoms with van der Waals surface area (Å²) in [6.07, 6.45) is 0. The molecule has 0 radical (unpaired) electrons. The number of benzene rings is 6. The van der Waals surface area contributed by atoms with Crippen LogP contribution in [0.25, 0.3) is 11.1 Å². The molecule has 0 saturated carbocycles. The lowest BCUT2D eigenvalue weighted by Gasteiger charge is -2.45. The Morgan fingerprint density at radius 2 is 1.11 bits per heavy atom. The van der Waals surface area contributed by atoms with E-state index in [1.54, 1.807) is 0 Å². The molecule has 0 fully saturated rings. The molecule has 0 aromatic heterocycles. The smallest absolute Gasteiger partial charge is 0.151 e. The predicted octanol–water partition coefficient (Wildman–Crippen LogP) is 12.0. The number of fused-ring (bicyclic) bond motifs is 7. The van der Waals surface area contributed by atoms with E-state index in [4.69, 9.17) is 4.74 Å². The number of rotatable bonds is 3. The van der Waals surface area contributed by atoms with Gasteiger partial charge in [0.2, 0.25) is 0 Å². The molecule has 224 valence electrons. The number of ether oxygens (including phenoxy) is 1. The SMILES string of the molecule is Cc1cccc2c1N1c3ccc(N(c4ccccc4)c4ccc5c(c4)C(C)(C)c4ccccc4-5)cc3C(C)(C)c3cccc(c31)O2. The molecule has 3 nitrogen and oxygen atoms in total. The minimum absolute atomic E-state index is 0.0782. The van der Waals surface area contributed by atoms with E-state index in [0.29, 0.717) is 0 Å². The lowest BCUT2D eigenvalue weighted by Crippen LogP contribution is -2.33. The van der Waals surface area contributed by atoms with Gasteiger partial charge in [0.1, 0.15) is 0 Å². The molecule has 6 aromatic rings. The summed E-state index contributed by atoms with van der Waals surface area (Å²) in [7, 11) is 0. The highest BCUT2D eigenvalue weighted by atomic mass is 16.5. The highest BCUT2D eigenvalue weighted by Crippen LogP contribution is 2.61. The van der Waals surface area contributed by atoms with Crippen LogP contribution in [0, 0.1) is 6.92 Å². The van der Waals surface area contributed by atoms with Crippen LogP contribution in [0.1, 0.15) is 55.5 Å². The first-order valence-corrected chi connectivity index (χ1v) is 16.2. The van der Waals surface area contributed by atoms with Gasteiger partial charge in [-0.15, -0.1) is 0 Å². The van der Waals surface area contributed by atoms with Crippen molar-refractivity contribution in [2.24, 2.45) is 0 Å². The molecular formula is C43H36N2O. The molecule has 0 bridgehead atoms. The van der Waals surface area contributed by atoms with Crippen LogP contribution in [0.4, 0.5) is 34.1 Å². The maximum Gasteiger partial charge on any atom is 0.151 e. The minimum atomic E-state index is -0.249. The summed E-state index contributed by atoms with van der Waals surface area (Å²) in [4.78, 5) is 4.85. The van der Waals surface area contributed by atoms with Crippen LogP contribution in [0.5, 0.6) is 11.5 Å². The molecule has 1 aliphatic carbocycles. The summed E-state index contributed by atoms with van der Waals surface area (Å²) >= 11 is 0. The van der Waals surface area contributed by atoms with Crippen LogP contribution < -0.4 is 14.5 Å². The molecule has 3 heteroatoms. The van der Waals surface area contributed by atoms with Gasteiger partial charge < -0.3 is 14.5 Å². The number of anilines is 6. The molecule has 0 amide bonds. The van der Waals surface area contributed by atoms with Gasteiger partial charge in [-0.2, -0.15) is 0 Å². The van der Waals surface area contributed by atoms with Crippen molar-refractivity contribution in [3.05, 3.63) is 155 Å². The van der Waals surface area contributed by atoms with Gasteiger partial charge in [0.25, 0.3) is 0 Å². The standard InChI is InChI=1S/C43H36N2O/c1-27-13-11-19-38-40(27)45-37-24-22-30(26-36(37)43(4,5)34-18-12-20-39(46-38)41(34)45)44(28-14-7-6-8-15-28)29-21-23-32-31-16-9-10-17-33(31)42(2,3)35(32)25-29/h6-26H,1-5H3. The van der Waals surface area contributed by atoms with E-state index in [9.17, 15) is 0 Å². The fourth-order valence-corrected chi connectivity index (χ4v) is 8.17. The number of hydrogen-bond acceptors (Lipinski definition) is 3. The Morgan fingerprint density at radius 3 is 1.91 bits per heavy atom. The van der Waals surface area contributed by atoms with Crippen LogP contribution in [-0.4, -0.2) is 0 Å². The normalized spacial score (nSPS) is 15.5. The van der Waals surface area contributed by atoms with Crippen LogP contribution in [-0.2, 0) is 10.8 Å². The summed E-state index contributed by atoms with van der Waals surface area (Å²) in [6, 6.07) is 46.5. The molecule has 0 atom stereocenters. The first-order chi connectivity index (χ1) is 22.2. The molecule has 9 rings (SSSR count). The maximum atomic E-state index is 6.52. The summed E-state index contributed by atoms with van der Waals surface area (Å²) in [5.41, 5.74) is 15.8. The van der Waals surface area contributed by atoms with Crippen molar-refractivity contribution in [1.29, 1.82) is 0 Å². The zero-order chi connectivity index (χ0) is 31.4. The minimum Gasteiger partial charge on any atom is -0.453 e. The van der Waals surface area contributed by atoms with E-state index in [1.807, 2.05) is 0 Å². The molecule has 2 aliphatic heterocycles. The zero-order valence-electron chi connectivity index (χ0n) is 26.9. The Kier molecular flexibility index (Phi) is 5.51. The fourth-order valence-electron chi connectivity index (χ4n) is 8.17. The van der Waals surface area contributed by atoms with Gasteiger partial charge in [0.05, 0.1) is 17.1 Å². The van der Waals surface area contributed by atoms with Crippen LogP contribution >= 0.6 is 0 Å². The van der Waals surface area contributed by atoms with Crippen molar-refractivity contribution in [1.82, 2.24) is 0 Å². The number of nitrogens with zero attached hydrogens (tertiary/aromatic N) is 2. The van der Waals surface area contributed by atoms with Crippen LogP contribution in [0.2, 0.25) is 0 Å². The van der Waals surface area contributed by atoms with Crippen molar-refractivity contribution < 1.29 is 4.74 Å². The van der Waals surface area contributed by atoms with Crippen molar-refractivity contribution in [2.75, 3.05) is 9.80 Å². The van der Waals surface area contributed by atoms with E-state index in [1.165, 1.54) is 44.6 Å². The van der Waals surface area contributed by atoms with Gasteiger partial charge in [-0.3, -0.25) is 0 Å². The monoisotopic (exact) mass is 596 g/mol. The van der Waals surface area contributed by atoms with E-state index in [2.05, 4.69) is 172 Å². The zero-order valence-corrected chi connectivity index (χ0v) is 26.9. The van der Waals surface area contributed by atoms with E-state index in [-0.39, 0.29) is 10.8 Å². The third kappa shape index (κ3) is 3.60. The number of hydrogen-bond donors (Lipinski definition) is 0. The molecule has 2 heterocycles. The summed E-state index contributed by atoms with van der Waals surface area (Å²) < 4.78 is 6.52. The highest BCUT2D eigenvalue weighted by Gasteiger charge is 2.42. The van der Waals surface area contributed by atoms with E-state index >= 15 is 0 Å². The molecule has 0 saturated heterocycles. The predicted molar refractivity (Wildman–Crippen MR) is 190 cm³/mol. The van der Waals surface area contributed by atoms with Crippen LogP contribution in [0.15, 0.2) is 127 Å². The van der Waals surface area contributed by atoms with Crippen molar-refractivity contribution in [3.63, 3.8) is 0 Å². The van der Waals surface area contributed by atoms with Gasteiger partial charge in [0.15, 0.2) is 11.5 Å². The number of aryl methyl sites for hydroxylation is 1. The third-order valence-corrected chi connectivity index (χ3v) is 10.5. The van der Waals surface area contributed by atoms with Gasteiger partial charge in [-0.1, -0.05) is 100 Å². The molecule has 0 unspecified atom stereocenters. The third-order valence-electron chi connectivity index (χ3n) is 10.5. The van der Waals surface area contributed by atoms with Gasteiger partial charge >= 0.3 is 0 Å². The Hall–Kier alpha value is -5.28. The average Bonchev–Trinajstić information content (AvgIpc) is 3.30. The van der Waals surface area contributed by atoms with E-state index in [0.717, 1.165) is 39.9 Å². The average molecular weight is 597 g/mol. The second-order valence-corrected chi connectivity index (χ2v) is 13.9. The Morgan fingerprint density at radius 1 is 0.500 bits per heavy atom. The molecule has 3 aliphatic rings. The first kappa shape index (κ1) is 27.1. The fraction of sp³-hybridized carbons (Fsp3) is 0.163. The lowest BCUT2D eigenvalue weighted by atomic mass is 9.73. The maximum absolute atomic E-state index is 6.52. The summed E-state index contributed by atoms with van der Waals surface area (Å²) in [5, 5.41) is 0. The van der Waals surface area contributed by atoms with Crippen molar-refractivity contribution >= 4 is 34.1 Å². The van der Waals surface area contributed by atoms with Crippen molar-refractivity contribution in [2.45, 2.75) is 45.4 Å². The molecule has 46 heavy (non-hydrogen) atoms. The van der Waals surface area contributed by atoms with Crippen LogP contribution in [0.3, 0.4) is 0 Å². The number of para-hydroxylation sites is 3. The van der Waals surface area contributed by atoms with Gasteiger partial charge in [-0.25, -0.2) is 0 Å². The largest absolute Gasteiger partial charge is 0.453 e. The van der Waals surface area contributed by atoms with Crippen molar-refractivity contribution in [3.8, 4) is 22.6 Å². The Labute approximate surface area is 271 Å². The summed E-state index contributed by atoms with van der Waals surface area (Å²) in [5.74, 6) is 1.80. The van der Waals surface area contributed by atoms with Gasteiger partial charge in [-0.05, 0) is 100 Å². The lowest BCUT2D eigenvalue weighted by molar-refractivity contribution is 0.471. The highest BCUT2D eigenvalue weighted by molar-refractivity contribution is 5.95. The molecule has 0 N–H and O–H groups in total. The molecule has 0 spiro atoms. The Bertz CT molecular complexity index is 2210. The second kappa shape index (κ2) is 9.37. The quantitative estimate of drug-likeness (QED) is 0.202. The van der Waals surface area contributed by atoms with E-state index < -0.39 is 0 Å². The second-order valence-electron chi connectivity index (χ2n) is 13.9. The molecule has 6 aromatic carbocycles. The first-order valence-electron chi connectivity index (χ1n) is 16.2. The summed E-state index contributed by atoms with van der Waals surface area (Å²) in [6.45, 7) is 11.6.